The van der Waals surface area contributed by atoms with Crippen molar-refractivity contribution in [2.24, 2.45) is 0 Å². The average Bonchev–Trinajstić information content (AvgIpc) is 3.12. The molecule has 0 aliphatic heterocycles. The van der Waals surface area contributed by atoms with E-state index in [0.717, 1.165) is 15.2 Å². The fourth-order valence-electron chi connectivity index (χ4n) is 2.84. The van der Waals surface area contributed by atoms with Crippen LogP contribution >= 0.6 is 11.3 Å². The zero-order chi connectivity index (χ0) is 18.1. The molecule has 1 amide bonds. The summed E-state index contributed by atoms with van der Waals surface area (Å²) in [7, 11) is 1.33. The summed E-state index contributed by atoms with van der Waals surface area (Å²) < 4.78 is 5.84. The zero-order valence-electron chi connectivity index (χ0n) is 14.5. The van der Waals surface area contributed by atoms with Crippen molar-refractivity contribution in [2.45, 2.75) is 27.2 Å². The highest BCUT2D eigenvalue weighted by molar-refractivity contribution is 7.18. The molecular weight excluding hydrogens is 338 g/mol. The standard InChI is InChI=1S/C18H19N3O3S/c1-5-12-15(18(23)24-4)9(2)16(21-12)17(22)20-11-6-7-13-14(8-11)25-10(3)19-13/h6-8,21H,5H2,1-4H3,(H,20,22). The summed E-state index contributed by atoms with van der Waals surface area (Å²) in [6.45, 7) is 5.61. The van der Waals surface area contributed by atoms with E-state index in [2.05, 4.69) is 15.3 Å². The van der Waals surface area contributed by atoms with Crippen molar-refractivity contribution < 1.29 is 14.3 Å². The van der Waals surface area contributed by atoms with Crippen LogP contribution in [0.2, 0.25) is 0 Å². The number of hydrogen-bond acceptors (Lipinski definition) is 5. The van der Waals surface area contributed by atoms with Gasteiger partial charge in [-0.2, -0.15) is 0 Å². The topological polar surface area (TPSA) is 84.1 Å². The molecule has 3 rings (SSSR count). The first-order valence-corrected chi connectivity index (χ1v) is 8.74. The van der Waals surface area contributed by atoms with Crippen LogP contribution in [0.5, 0.6) is 0 Å². The number of methoxy groups -OCH3 is 1. The zero-order valence-corrected chi connectivity index (χ0v) is 15.3. The van der Waals surface area contributed by atoms with Gasteiger partial charge in [0, 0.05) is 11.4 Å². The number of esters is 1. The van der Waals surface area contributed by atoms with Gasteiger partial charge in [-0.05, 0) is 44.0 Å². The second-order valence-corrected chi connectivity index (χ2v) is 6.93. The SMILES string of the molecule is CCc1[nH]c(C(=O)Nc2ccc3nc(C)sc3c2)c(C)c1C(=O)OC. The minimum Gasteiger partial charge on any atom is -0.465 e. The summed E-state index contributed by atoms with van der Waals surface area (Å²) in [4.78, 5) is 32.1. The molecule has 2 N–H and O–H groups in total. The van der Waals surface area contributed by atoms with Gasteiger partial charge in [-0.3, -0.25) is 4.79 Å². The van der Waals surface area contributed by atoms with Gasteiger partial charge >= 0.3 is 5.97 Å². The first-order chi connectivity index (χ1) is 11.9. The number of carbonyl (C=O) groups is 2. The number of amides is 1. The lowest BCUT2D eigenvalue weighted by atomic mass is 10.1. The molecule has 0 bridgehead atoms. The number of nitrogens with zero attached hydrogens (tertiary/aromatic N) is 1. The summed E-state index contributed by atoms with van der Waals surface area (Å²) in [5.41, 5.74) is 3.70. The van der Waals surface area contributed by atoms with Gasteiger partial charge in [0.15, 0.2) is 0 Å². The van der Waals surface area contributed by atoms with Crippen molar-refractivity contribution in [3.05, 3.63) is 45.7 Å². The molecule has 25 heavy (non-hydrogen) atoms. The molecular formula is C18H19N3O3S. The minimum absolute atomic E-state index is 0.289. The van der Waals surface area contributed by atoms with Crippen molar-refractivity contribution in [3.8, 4) is 0 Å². The summed E-state index contributed by atoms with van der Waals surface area (Å²) in [6.07, 6.45) is 0.602. The third kappa shape index (κ3) is 3.15. The maximum Gasteiger partial charge on any atom is 0.339 e. The lowest BCUT2D eigenvalue weighted by Gasteiger charge is -2.05. The predicted octanol–water partition coefficient (Wildman–Crippen LogP) is 3.84. The molecule has 0 aliphatic rings. The Morgan fingerprint density at radius 3 is 2.76 bits per heavy atom. The second-order valence-electron chi connectivity index (χ2n) is 5.69. The van der Waals surface area contributed by atoms with Crippen molar-refractivity contribution in [1.29, 1.82) is 0 Å². The molecule has 2 aromatic heterocycles. The van der Waals surface area contributed by atoms with Gasteiger partial charge in [-0.25, -0.2) is 9.78 Å². The smallest absolute Gasteiger partial charge is 0.339 e. The van der Waals surface area contributed by atoms with E-state index in [1.165, 1.54) is 7.11 Å². The molecule has 0 saturated heterocycles. The summed E-state index contributed by atoms with van der Waals surface area (Å²) in [5.74, 6) is -0.728. The van der Waals surface area contributed by atoms with Crippen LogP contribution in [0, 0.1) is 13.8 Å². The average molecular weight is 357 g/mol. The highest BCUT2D eigenvalue weighted by Crippen LogP contribution is 2.26. The van der Waals surface area contributed by atoms with Crippen molar-refractivity contribution in [3.63, 3.8) is 0 Å². The number of aromatic amines is 1. The number of ether oxygens (including phenoxy) is 1. The Morgan fingerprint density at radius 2 is 2.08 bits per heavy atom. The molecule has 0 atom stereocenters. The predicted molar refractivity (Wildman–Crippen MR) is 98.6 cm³/mol. The molecule has 6 nitrogen and oxygen atoms in total. The van der Waals surface area contributed by atoms with Crippen molar-refractivity contribution in [2.75, 3.05) is 12.4 Å². The van der Waals surface area contributed by atoms with Gasteiger partial charge < -0.3 is 15.0 Å². The Hall–Kier alpha value is -2.67. The first kappa shape index (κ1) is 17.2. The Bertz CT molecular complexity index is 972. The summed E-state index contributed by atoms with van der Waals surface area (Å²) >= 11 is 1.58. The van der Waals surface area contributed by atoms with Crippen LogP contribution in [-0.4, -0.2) is 29.0 Å². The summed E-state index contributed by atoms with van der Waals surface area (Å²) in [6, 6.07) is 5.60. The number of thiazole rings is 1. The fourth-order valence-corrected chi connectivity index (χ4v) is 3.71. The van der Waals surface area contributed by atoms with E-state index < -0.39 is 5.97 Å². The lowest BCUT2D eigenvalue weighted by Crippen LogP contribution is -2.14. The van der Waals surface area contributed by atoms with Crippen LogP contribution in [0.25, 0.3) is 10.2 Å². The molecule has 0 radical (unpaired) electrons. The molecule has 0 spiro atoms. The second kappa shape index (κ2) is 6.68. The van der Waals surface area contributed by atoms with E-state index in [9.17, 15) is 9.59 Å². The van der Waals surface area contributed by atoms with Crippen LogP contribution in [0.15, 0.2) is 18.2 Å². The maximum absolute atomic E-state index is 12.7. The number of anilines is 1. The molecule has 2 heterocycles. The Morgan fingerprint density at radius 1 is 1.32 bits per heavy atom. The quantitative estimate of drug-likeness (QED) is 0.695. The van der Waals surface area contributed by atoms with E-state index in [4.69, 9.17) is 4.74 Å². The van der Waals surface area contributed by atoms with Crippen molar-refractivity contribution in [1.82, 2.24) is 9.97 Å². The van der Waals surface area contributed by atoms with Crippen LogP contribution in [-0.2, 0) is 11.2 Å². The third-order valence-electron chi connectivity index (χ3n) is 4.05. The van der Waals surface area contributed by atoms with Crippen LogP contribution in [0.1, 0.15) is 44.0 Å². The van der Waals surface area contributed by atoms with Gasteiger partial charge in [0.25, 0.3) is 5.91 Å². The van der Waals surface area contributed by atoms with E-state index >= 15 is 0 Å². The molecule has 0 fully saturated rings. The Balaban J connectivity index is 1.92. The van der Waals surface area contributed by atoms with Gasteiger partial charge in [0.2, 0.25) is 0 Å². The maximum atomic E-state index is 12.7. The molecule has 0 saturated carbocycles. The van der Waals surface area contributed by atoms with E-state index in [1.54, 1.807) is 18.3 Å². The van der Waals surface area contributed by atoms with E-state index in [1.807, 2.05) is 32.0 Å². The lowest BCUT2D eigenvalue weighted by molar-refractivity contribution is 0.0599. The van der Waals surface area contributed by atoms with Gasteiger partial charge in [-0.15, -0.1) is 11.3 Å². The molecule has 3 aromatic rings. The van der Waals surface area contributed by atoms with E-state index in [-0.39, 0.29) is 5.91 Å². The fraction of sp³-hybridized carbons (Fsp3) is 0.278. The van der Waals surface area contributed by atoms with Crippen LogP contribution in [0.4, 0.5) is 5.69 Å². The number of benzene rings is 1. The highest BCUT2D eigenvalue weighted by atomic mass is 32.1. The normalized spacial score (nSPS) is 10.9. The van der Waals surface area contributed by atoms with Crippen LogP contribution in [0.3, 0.4) is 0 Å². The number of rotatable bonds is 4. The molecule has 0 aliphatic carbocycles. The van der Waals surface area contributed by atoms with Gasteiger partial charge in [-0.1, -0.05) is 6.92 Å². The number of aromatic nitrogens is 2. The molecule has 7 heteroatoms. The number of fused-ring (bicyclic) bond motifs is 1. The molecule has 0 unspecified atom stereocenters. The monoisotopic (exact) mass is 357 g/mol. The van der Waals surface area contributed by atoms with E-state index in [0.29, 0.717) is 34.6 Å². The van der Waals surface area contributed by atoms with Gasteiger partial charge in [0.05, 0.1) is 27.9 Å². The number of H-pyrrole nitrogens is 1. The number of carbonyl (C=O) groups excluding carboxylic acids is 2. The third-order valence-corrected chi connectivity index (χ3v) is 4.98. The molecule has 130 valence electrons. The molecule has 1 aromatic carbocycles. The van der Waals surface area contributed by atoms with Crippen molar-refractivity contribution >= 4 is 39.1 Å². The first-order valence-electron chi connectivity index (χ1n) is 7.92. The Kier molecular flexibility index (Phi) is 4.59. The van der Waals surface area contributed by atoms with Crippen LogP contribution < -0.4 is 5.32 Å². The minimum atomic E-state index is -0.439. The largest absolute Gasteiger partial charge is 0.465 e. The number of aryl methyl sites for hydroxylation is 2. The summed E-state index contributed by atoms with van der Waals surface area (Å²) in [5, 5.41) is 3.86. The number of hydrogen-bond donors (Lipinski definition) is 2. The number of nitrogens with one attached hydrogen (secondary N) is 2. The Labute approximate surface area is 149 Å². The van der Waals surface area contributed by atoms with Gasteiger partial charge in [0.1, 0.15) is 5.69 Å². The highest BCUT2D eigenvalue weighted by Gasteiger charge is 2.23.